The Morgan fingerprint density at radius 3 is 2.82 bits per heavy atom. The first kappa shape index (κ1) is 12.6. The van der Waals surface area contributed by atoms with Crippen LogP contribution in [0.15, 0.2) is 18.3 Å². The molecule has 2 rings (SSSR count). The van der Waals surface area contributed by atoms with Crippen molar-refractivity contribution < 1.29 is 14.4 Å². The Morgan fingerprint density at radius 2 is 2.24 bits per heavy atom. The fraction of sp³-hybridized carbons (Fsp3) is 0.333. The molecule has 2 heterocycles. The summed E-state index contributed by atoms with van der Waals surface area (Å²) in [6, 6.07) is 3.35. The number of aryl methyl sites for hydroxylation is 1. The summed E-state index contributed by atoms with van der Waals surface area (Å²) >= 11 is 1.11. The van der Waals surface area contributed by atoms with Crippen molar-refractivity contribution in [2.75, 3.05) is 6.26 Å². The van der Waals surface area contributed by atoms with Gasteiger partial charge in [0.15, 0.2) is 5.65 Å². The summed E-state index contributed by atoms with van der Waals surface area (Å²) in [5.41, 5.74) is 1.77. The lowest BCUT2D eigenvalue weighted by Gasteiger charge is -2.17. The van der Waals surface area contributed by atoms with Crippen LogP contribution in [0.5, 0.6) is 0 Å². The molecule has 17 heavy (non-hydrogen) atoms. The molecular formula is C9H12N3O3PS. The molecule has 0 saturated carbocycles. The third-order valence-corrected chi connectivity index (χ3v) is 5.32. The highest BCUT2D eigenvalue weighted by Crippen LogP contribution is 2.57. The SMILES string of the molecule is CSC(c1cc(C)nc2ccnn12)P(=O)(O)O. The average molecular weight is 273 g/mol. The Morgan fingerprint density at radius 1 is 1.53 bits per heavy atom. The topological polar surface area (TPSA) is 87.7 Å². The second-order valence-corrected chi connectivity index (χ2v) is 6.59. The van der Waals surface area contributed by atoms with Gasteiger partial charge in [-0.25, -0.2) is 9.50 Å². The number of hydrogen-bond acceptors (Lipinski definition) is 4. The Hall–Kier alpha value is -0.880. The minimum Gasteiger partial charge on any atom is -0.323 e. The van der Waals surface area contributed by atoms with Gasteiger partial charge in [0.05, 0.1) is 11.9 Å². The van der Waals surface area contributed by atoms with Crippen LogP contribution in [0.1, 0.15) is 16.4 Å². The standard InChI is InChI=1S/C9H12N3O3PS/c1-6-5-7(9(17-2)16(13,14)15)12-8(11-6)3-4-10-12/h3-5,9H,1-2H3,(H2,13,14,15). The molecule has 8 heteroatoms. The number of hydrogen-bond donors (Lipinski definition) is 2. The predicted octanol–water partition coefficient (Wildman–Crippen LogP) is 1.58. The van der Waals surface area contributed by atoms with E-state index >= 15 is 0 Å². The van der Waals surface area contributed by atoms with Crippen LogP contribution in [0.3, 0.4) is 0 Å². The van der Waals surface area contributed by atoms with Crippen LogP contribution in [0, 0.1) is 6.92 Å². The van der Waals surface area contributed by atoms with Gasteiger partial charge in [0.2, 0.25) is 0 Å². The lowest BCUT2D eigenvalue weighted by atomic mass is 10.3. The van der Waals surface area contributed by atoms with Crippen LogP contribution in [-0.2, 0) is 4.57 Å². The van der Waals surface area contributed by atoms with Gasteiger partial charge in [0.25, 0.3) is 0 Å². The van der Waals surface area contributed by atoms with Crippen molar-refractivity contribution in [1.82, 2.24) is 14.6 Å². The van der Waals surface area contributed by atoms with Gasteiger partial charge in [-0.1, -0.05) is 0 Å². The van der Waals surface area contributed by atoms with Gasteiger partial charge in [-0.2, -0.15) is 5.10 Å². The number of fused-ring (bicyclic) bond motifs is 1. The monoisotopic (exact) mass is 273 g/mol. The molecular weight excluding hydrogens is 261 g/mol. The van der Waals surface area contributed by atoms with Gasteiger partial charge in [0, 0.05) is 11.8 Å². The van der Waals surface area contributed by atoms with E-state index < -0.39 is 12.6 Å². The van der Waals surface area contributed by atoms with Gasteiger partial charge in [0.1, 0.15) is 4.99 Å². The van der Waals surface area contributed by atoms with Crippen LogP contribution < -0.4 is 0 Å². The number of aromatic nitrogens is 3. The van der Waals surface area contributed by atoms with E-state index in [4.69, 9.17) is 0 Å². The van der Waals surface area contributed by atoms with Crippen molar-refractivity contribution in [1.29, 1.82) is 0 Å². The lowest BCUT2D eigenvalue weighted by molar-refractivity contribution is 0.369. The third-order valence-electron chi connectivity index (χ3n) is 2.30. The first-order chi connectivity index (χ1) is 7.93. The zero-order valence-corrected chi connectivity index (χ0v) is 11.0. The van der Waals surface area contributed by atoms with E-state index in [9.17, 15) is 14.4 Å². The molecule has 0 saturated heterocycles. The molecule has 0 aliphatic rings. The van der Waals surface area contributed by atoms with E-state index in [0.717, 1.165) is 11.8 Å². The van der Waals surface area contributed by atoms with Gasteiger partial charge in [-0.15, -0.1) is 11.8 Å². The highest BCUT2D eigenvalue weighted by Gasteiger charge is 2.32. The molecule has 0 amide bonds. The molecule has 2 N–H and O–H groups in total. The maximum Gasteiger partial charge on any atom is 0.344 e. The number of nitrogens with zero attached hydrogens (tertiary/aromatic N) is 3. The van der Waals surface area contributed by atoms with Crippen molar-refractivity contribution in [3.8, 4) is 0 Å². The highest BCUT2D eigenvalue weighted by atomic mass is 32.2. The molecule has 6 nitrogen and oxygen atoms in total. The molecule has 0 bridgehead atoms. The van der Waals surface area contributed by atoms with E-state index in [1.54, 1.807) is 31.5 Å². The number of thioether (sulfide) groups is 1. The van der Waals surface area contributed by atoms with E-state index in [-0.39, 0.29) is 0 Å². The van der Waals surface area contributed by atoms with Crippen molar-refractivity contribution in [3.05, 3.63) is 29.7 Å². The van der Waals surface area contributed by atoms with Crippen molar-refractivity contribution >= 4 is 25.0 Å². The predicted molar refractivity (Wildman–Crippen MR) is 66.0 cm³/mol. The highest BCUT2D eigenvalue weighted by molar-refractivity contribution is 8.04. The first-order valence-corrected chi connectivity index (χ1v) is 7.79. The Kier molecular flexibility index (Phi) is 3.27. The summed E-state index contributed by atoms with van der Waals surface area (Å²) in [4.78, 5) is 22.0. The van der Waals surface area contributed by atoms with Crippen LogP contribution in [0.4, 0.5) is 0 Å². The van der Waals surface area contributed by atoms with Crippen molar-refractivity contribution in [2.45, 2.75) is 11.9 Å². The molecule has 0 spiro atoms. The fourth-order valence-corrected chi connectivity index (χ4v) is 3.71. The molecule has 2 aromatic rings. The van der Waals surface area contributed by atoms with Crippen LogP contribution in [0.2, 0.25) is 0 Å². The third kappa shape index (κ3) is 2.37. The van der Waals surface area contributed by atoms with Crippen LogP contribution >= 0.6 is 19.4 Å². The summed E-state index contributed by atoms with van der Waals surface area (Å²) in [5, 5.41) is 4.04. The number of rotatable bonds is 3. The smallest absolute Gasteiger partial charge is 0.323 e. The van der Waals surface area contributed by atoms with Crippen LogP contribution in [-0.4, -0.2) is 30.6 Å². The van der Waals surface area contributed by atoms with Gasteiger partial charge >= 0.3 is 7.60 Å². The zero-order chi connectivity index (χ0) is 12.6. The summed E-state index contributed by atoms with van der Waals surface area (Å²) in [5.74, 6) is 0. The van der Waals surface area contributed by atoms with E-state index in [0.29, 0.717) is 17.0 Å². The quantitative estimate of drug-likeness (QED) is 0.825. The van der Waals surface area contributed by atoms with E-state index in [2.05, 4.69) is 10.1 Å². The second kappa shape index (κ2) is 4.42. The molecule has 92 valence electrons. The van der Waals surface area contributed by atoms with Gasteiger partial charge in [-0.3, -0.25) is 4.57 Å². The Bertz CT molecular complexity index is 594. The maximum absolute atomic E-state index is 11.5. The molecule has 2 aromatic heterocycles. The molecule has 0 aromatic carbocycles. The summed E-state index contributed by atoms with van der Waals surface area (Å²) in [6.07, 6.45) is 3.22. The fourth-order valence-electron chi connectivity index (χ4n) is 1.67. The second-order valence-electron chi connectivity index (χ2n) is 3.60. The Labute approximate surface area is 102 Å². The minimum absolute atomic E-state index is 0.471. The summed E-state index contributed by atoms with van der Waals surface area (Å²) in [6.45, 7) is 1.79. The molecule has 0 fully saturated rings. The summed E-state index contributed by atoms with van der Waals surface area (Å²) in [7, 11) is -4.22. The Balaban J connectivity index is 2.68. The normalized spacial score (nSPS) is 14.1. The molecule has 0 radical (unpaired) electrons. The van der Waals surface area contributed by atoms with E-state index in [1.165, 1.54) is 4.52 Å². The zero-order valence-electron chi connectivity index (χ0n) is 9.31. The summed E-state index contributed by atoms with van der Waals surface area (Å²) < 4.78 is 12.9. The van der Waals surface area contributed by atoms with Gasteiger partial charge < -0.3 is 9.79 Å². The lowest BCUT2D eigenvalue weighted by Crippen LogP contribution is -2.06. The largest absolute Gasteiger partial charge is 0.344 e. The molecule has 0 aliphatic heterocycles. The molecule has 1 unspecified atom stereocenters. The molecule has 1 atom stereocenters. The van der Waals surface area contributed by atoms with Crippen molar-refractivity contribution in [3.63, 3.8) is 0 Å². The molecule has 0 aliphatic carbocycles. The van der Waals surface area contributed by atoms with E-state index in [1.807, 2.05) is 0 Å². The van der Waals surface area contributed by atoms with Crippen molar-refractivity contribution in [2.24, 2.45) is 0 Å². The van der Waals surface area contributed by atoms with Crippen LogP contribution in [0.25, 0.3) is 5.65 Å². The minimum atomic E-state index is -4.22. The average Bonchev–Trinajstić information content (AvgIpc) is 2.63. The maximum atomic E-state index is 11.5. The first-order valence-electron chi connectivity index (χ1n) is 4.83. The van der Waals surface area contributed by atoms with Gasteiger partial charge in [-0.05, 0) is 19.2 Å².